The topological polar surface area (TPSA) is 69.7 Å². The molecule has 0 radical (unpaired) electrons. The third-order valence-corrected chi connectivity index (χ3v) is 7.49. The minimum atomic E-state index is -0.554. The van der Waals surface area contributed by atoms with Crippen molar-refractivity contribution >= 4 is 23.3 Å². The Labute approximate surface area is 207 Å². The summed E-state index contributed by atoms with van der Waals surface area (Å²) in [5.74, 6) is -0.208. The van der Waals surface area contributed by atoms with Crippen LogP contribution in [0.2, 0.25) is 0 Å². The Morgan fingerprint density at radius 1 is 0.971 bits per heavy atom. The van der Waals surface area contributed by atoms with Crippen LogP contribution in [-0.4, -0.2) is 59.2 Å². The van der Waals surface area contributed by atoms with Gasteiger partial charge in [-0.25, -0.2) is 0 Å². The van der Waals surface area contributed by atoms with Gasteiger partial charge in [0.25, 0.3) is 0 Å². The molecule has 3 amide bonds. The predicted molar refractivity (Wildman–Crippen MR) is 135 cm³/mol. The number of hydrogen-bond acceptors (Lipinski definition) is 3. The van der Waals surface area contributed by atoms with Crippen molar-refractivity contribution in [2.24, 2.45) is 0 Å². The van der Waals surface area contributed by atoms with Gasteiger partial charge in [-0.3, -0.25) is 14.4 Å². The summed E-state index contributed by atoms with van der Waals surface area (Å²) >= 11 is 0. The zero-order chi connectivity index (χ0) is 24.2. The van der Waals surface area contributed by atoms with Gasteiger partial charge in [0.05, 0.1) is 0 Å². The second kappa shape index (κ2) is 10.5. The molecular weight excluding hydrogens is 438 g/mol. The molecule has 0 spiro atoms. The third-order valence-electron chi connectivity index (χ3n) is 7.49. The van der Waals surface area contributed by atoms with E-state index in [4.69, 9.17) is 0 Å². The number of allylic oxidation sites excluding steroid dienone is 1. The molecule has 2 saturated heterocycles. The zero-order valence-electron chi connectivity index (χ0n) is 20.1. The number of aryl methyl sites for hydroxylation is 1. The lowest BCUT2D eigenvalue weighted by molar-refractivity contribution is -0.152. The number of piperazine rings is 1. The molecule has 1 aliphatic carbocycles. The van der Waals surface area contributed by atoms with Gasteiger partial charge in [0.15, 0.2) is 0 Å². The van der Waals surface area contributed by atoms with E-state index in [2.05, 4.69) is 41.7 Å². The Hall–Kier alpha value is -3.41. The highest BCUT2D eigenvalue weighted by atomic mass is 16.2. The summed E-state index contributed by atoms with van der Waals surface area (Å²) < 4.78 is 0. The number of amides is 3. The highest BCUT2D eigenvalue weighted by molar-refractivity contribution is 5.95. The lowest BCUT2D eigenvalue weighted by atomic mass is 9.92. The van der Waals surface area contributed by atoms with Crippen LogP contribution in [-0.2, 0) is 27.2 Å². The van der Waals surface area contributed by atoms with Gasteiger partial charge >= 0.3 is 0 Å². The molecule has 2 fully saturated rings. The number of carbonyl (C=O) groups excluding carboxylic acids is 3. The first-order valence-electron chi connectivity index (χ1n) is 12.8. The van der Waals surface area contributed by atoms with Gasteiger partial charge in [0.1, 0.15) is 12.1 Å². The standard InChI is InChI=1S/C29H33N3O3/c33-27-15-14-25(30-27)28(34)32-19-18-31(17-16-21-8-2-1-3-9-21)29(35)26(32)20-23-12-5-4-10-22-11-6-7-13-24(22)23/h1-3,6-9,11-13,25-26H,4-5,10,14-20H2,(H,30,33). The maximum Gasteiger partial charge on any atom is 0.245 e. The van der Waals surface area contributed by atoms with Crippen LogP contribution in [0.1, 0.15) is 48.8 Å². The van der Waals surface area contributed by atoms with Crippen LogP contribution in [0.5, 0.6) is 0 Å². The number of fused-ring (bicyclic) bond motifs is 1. The molecule has 6 nitrogen and oxygen atoms in total. The molecule has 5 rings (SSSR count). The molecule has 0 aromatic heterocycles. The van der Waals surface area contributed by atoms with Gasteiger partial charge in [-0.15, -0.1) is 0 Å². The predicted octanol–water partition coefficient (Wildman–Crippen LogP) is 3.36. The Kier molecular flexibility index (Phi) is 6.98. The Balaban J connectivity index is 1.39. The van der Waals surface area contributed by atoms with E-state index in [9.17, 15) is 14.4 Å². The third kappa shape index (κ3) is 5.16. The average molecular weight is 472 g/mol. The first-order valence-corrected chi connectivity index (χ1v) is 12.8. The normalized spacial score (nSPS) is 22.3. The number of nitrogens with one attached hydrogen (secondary N) is 1. The highest BCUT2D eigenvalue weighted by Crippen LogP contribution is 2.32. The van der Waals surface area contributed by atoms with Crippen LogP contribution in [0.3, 0.4) is 0 Å². The summed E-state index contributed by atoms with van der Waals surface area (Å²) in [4.78, 5) is 42.7. The first-order chi connectivity index (χ1) is 17.1. The fourth-order valence-electron chi connectivity index (χ4n) is 5.56. The Morgan fingerprint density at radius 2 is 1.77 bits per heavy atom. The van der Waals surface area contributed by atoms with Crippen LogP contribution >= 0.6 is 0 Å². The van der Waals surface area contributed by atoms with E-state index in [1.807, 2.05) is 29.2 Å². The Bertz CT molecular complexity index is 1130. The molecule has 2 atom stereocenters. The largest absolute Gasteiger partial charge is 0.344 e. The van der Waals surface area contributed by atoms with Gasteiger partial charge in [-0.1, -0.05) is 60.7 Å². The molecule has 6 heteroatoms. The van der Waals surface area contributed by atoms with E-state index < -0.39 is 12.1 Å². The molecule has 0 bridgehead atoms. The maximum absolute atomic E-state index is 13.8. The van der Waals surface area contributed by atoms with Gasteiger partial charge < -0.3 is 15.1 Å². The number of benzene rings is 2. The molecule has 2 heterocycles. The SMILES string of the molecule is O=C1CCC(C(=O)N2CCN(CCc3ccccc3)C(=O)C2CC2=CCCCc3ccccc32)N1. The summed E-state index contributed by atoms with van der Waals surface area (Å²) in [7, 11) is 0. The van der Waals surface area contributed by atoms with Gasteiger partial charge in [-0.05, 0) is 54.4 Å². The number of hydrogen-bond donors (Lipinski definition) is 1. The fourth-order valence-corrected chi connectivity index (χ4v) is 5.56. The van der Waals surface area contributed by atoms with E-state index in [1.165, 1.54) is 16.7 Å². The second-order valence-electron chi connectivity index (χ2n) is 9.75. The molecule has 2 aromatic carbocycles. The van der Waals surface area contributed by atoms with Crippen LogP contribution in [0.25, 0.3) is 5.57 Å². The number of rotatable bonds is 6. The first kappa shape index (κ1) is 23.3. The molecule has 182 valence electrons. The van der Waals surface area contributed by atoms with Crippen molar-refractivity contribution in [3.63, 3.8) is 0 Å². The van der Waals surface area contributed by atoms with E-state index in [0.29, 0.717) is 38.9 Å². The fraction of sp³-hybridized carbons (Fsp3) is 0.414. The van der Waals surface area contributed by atoms with Crippen LogP contribution in [0, 0.1) is 0 Å². The molecule has 1 N–H and O–H groups in total. The summed E-state index contributed by atoms with van der Waals surface area (Å²) in [5.41, 5.74) is 4.85. The molecule has 0 saturated carbocycles. The summed E-state index contributed by atoms with van der Waals surface area (Å²) in [6.07, 6.45) is 7.48. The van der Waals surface area contributed by atoms with Crippen LogP contribution in [0.4, 0.5) is 0 Å². The monoisotopic (exact) mass is 471 g/mol. The van der Waals surface area contributed by atoms with Gasteiger partial charge in [0.2, 0.25) is 17.7 Å². The van der Waals surface area contributed by atoms with Crippen molar-refractivity contribution in [2.75, 3.05) is 19.6 Å². The summed E-state index contributed by atoms with van der Waals surface area (Å²) in [5, 5.41) is 2.80. The lowest BCUT2D eigenvalue weighted by Gasteiger charge is -2.42. The lowest BCUT2D eigenvalue weighted by Crippen LogP contribution is -2.61. The minimum Gasteiger partial charge on any atom is -0.344 e. The molecule has 3 aliphatic rings. The van der Waals surface area contributed by atoms with E-state index in [1.54, 1.807) is 4.90 Å². The molecular formula is C29H33N3O3. The van der Waals surface area contributed by atoms with E-state index >= 15 is 0 Å². The molecule has 35 heavy (non-hydrogen) atoms. The number of nitrogens with zero attached hydrogens (tertiary/aromatic N) is 2. The maximum atomic E-state index is 13.8. The zero-order valence-corrected chi connectivity index (χ0v) is 20.1. The summed E-state index contributed by atoms with van der Waals surface area (Å²) in [6.45, 7) is 1.65. The van der Waals surface area contributed by atoms with Gasteiger partial charge in [0, 0.05) is 32.5 Å². The van der Waals surface area contributed by atoms with Crippen molar-refractivity contribution in [1.29, 1.82) is 0 Å². The summed E-state index contributed by atoms with van der Waals surface area (Å²) in [6, 6.07) is 17.5. The molecule has 2 aliphatic heterocycles. The van der Waals surface area contributed by atoms with Crippen molar-refractivity contribution in [1.82, 2.24) is 15.1 Å². The molecule has 2 aromatic rings. The number of carbonyl (C=O) groups is 3. The molecule has 2 unspecified atom stereocenters. The van der Waals surface area contributed by atoms with E-state index in [0.717, 1.165) is 31.3 Å². The second-order valence-corrected chi connectivity index (χ2v) is 9.75. The average Bonchev–Trinajstić information content (AvgIpc) is 3.22. The quantitative estimate of drug-likeness (QED) is 0.703. The van der Waals surface area contributed by atoms with Gasteiger partial charge in [-0.2, -0.15) is 0 Å². The van der Waals surface area contributed by atoms with Crippen LogP contribution in [0.15, 0.2) is 60.7 Å². The van der Waals surface area contributed by atoms with Crippen molar-refractivity contribution in [3.05, 3.63) is 77.4 Å². The van der Waals surface area contributed by atoms with Crippen LogP contribution < -0.4 is 5.32 Å². The van der Waals surface area contributed by atoms with Crippen molar-refractivity contribution in [2.45, 2.75) is 57.0 Å². The van der Waals surface area contributed by atoms with Crippen molar-refractivity contribution in [3.8, 4) is 0 Å². The van der Waals surface area contributed by atoms with E-state index in [-0.39, 0.29) is 17.7 Å². The highest BCUT2D eigenvalue weighted by Gasteiger charge is 2.41. The smallest absolute Gasteiger partial charge is 0.245 e. The minimum absolute atomic E-state index is 0.00693. The Morgan fingerprint density at radius 3 is 2.57 bits per heavy atom. The van der Waals surface area contributed by atoms with Crippen molar-refractivity contribution < 1.29 is 14.4 Å².